The Morgan fingerprint density at radius 1 is 1.10 bits per heavy atom. The van der Waals surface area contributed by atoms with Crippen molar-refractivity contribution in [1.82, 2.24) is 5.32 Å². The molecule has 0 radical (unpaired) electrons. The molecule has 1 aliphatic carbocycles. The number of rotatable bonds is 9. The normalized spacial score (nSPS) is 27.0. The minimum absolute atomic E-state index is 0.449. The minimum atomic E-state index is 0.449. The molecule has 3 heteroatoms. The van der Waals surface area contributed by atoms with Gasteiger partial charge in [-0.3, -0.25) is 0 Å². The maximum absolute atomic E-state index is 5.72. The zero-order chi connectivity index (χ0) is 15.8. The van der Waals surface area contributed by atoms with E-state index < -0.39 is 0 Å². The SMILES string of the molecule is CCNCC1(CCOCCOC)CCC(C(C)(C)C)CC1. The Bertz CT molecular complexity index is 265. The van der Waals surface area contributed by atoms with Gasteiger partial charge in [-0.15, -0.1) is 0 Å². The third-order valence-corrected chi connectivity index (χ3v) is 5.23. The Balaban J connectivity index is 2.45. The molecule has 1 N–H and O–H groups in total. The van der Waals surface area contributed by atoms with E-state index in [0.717, 1.165) is 32.2 Å². The van der Waals surface area contributed by atoms with Crippen LogP contribution in [0, 0.1) is 16.7 Å². The molecule has 0 aromatic rings. The molecule has 1 fully saturated rings. The fourth-order valence-corrected chi connectivity index (χ4v) is 3.53. The molecule has 0 bridgehead atoms. The van der Waals surface area contributed by atoms with E-state index >= 15 is 0 Å². The molecule has 0 atom stereocenters. The van der Waals surface area contributed by atoms with E-state index in [1.165, 1.54) is 32.1 Å². The monoisotopic (exact) mass is 299 g/mol. The first-order valence-electron chi connectivity index (χ1n) is 8.71. The summed E-state index contributed by atoms with van der Waals surface area (Å²) in [4.78, 5) is 0. The Morgan fingerprint density at radius 3 is 2.29 bits per heavy atom. The van der Waals surface area contributed by atoms with Gasteiger partial charge < -0.3 is 14.8 Å². The Hall–Kier alpha value is -0.120. The van der Waals surface area contributed by atoms with E-state index in [1.54, 1.807) is 7.11 Å². The van der Waals surface area contributed by atoms with E-state index in [2.05, 4.69) is 33.0 Å². The van der Waals surface area contributed by atoms with Crippen molar-refractivity contribution in [2.24, 2.45) is 16.7 Å². The van der Waals surface area contributed by atoms with Crippen molar-refractivity contribution in [3.8, 4) is 0 Å². The van der Waals surface area contributed by atoms with E-state index in [9.17, 15) is 0 Å². The molecule has 0 aromatic heterocycles. The molecule has 126 valence electrons. The molecule has 1 rings (SSSR count). The van der Waals surface area contributed by atoms with Crippen LogP contribution >= 0.6 is 0 Å². The first-order valence-corrected chi connectivity index (χ1v) is 8.71. The first-order chi connectivity index (χ1) is 9.93. The van der Waals surface area contributed by atoms with Crippen LogP contribution in [0.1, 0.15) is 59.8 Å². The standard InChI is InChI=1S/C18H37NO2/c1-6-19-15-18(11-12-21-14-13-20-5)9-7-16(8-10-18)17(2,3)4/h16,19H,6-15H2,1-5H3. The van der Waals surface area contributed by atoms with Gasteiger partial charge in [0.25, 0.3) is 0 Å². The summed E-state index contributed by atoms with van der Waals surface area (Å²) in [7, 11) is 1.73. The fourth-order valence-electron chi connectivity index (χ4n) is 3.53. The van der Waals surface area contributed by atoms with Crippen LogP contribution in [0.5, 0.6) is 0 Å². The summed E-state index contributed by atoms with van der Waals surface area (Å²) in [6.45, 7) is 13.9. The summed E-state index contributed by atoms with van der Waals surface area (Å²) < 4.78 is 10.8. The van der Waals surface area contributed by atoms with Crippen LogP contribution in [0.2, 0.25) is 0 Å². The van der Waals surface area contributed by atoms with Crippen LogP contribution in [0.25, 0.3) is 0 Å². The van der Waals surface area contributed by atoms with Crippen LogP contribution in [0.3, 0.4) is 0 Å². The number of hydrogen-bond donors (Lipinski definition) is 1. The van der Waals surface area contributed by atoms with Gasteiger partial charge in [-0.05, 0) is 55.4 Å². The van der Waals surface area contributed by atoms with Gasteiger partial charge in [-0.1, -0.05) is 27.7 Å². The van der Waals surface area contributed by atoms with Crippen molar-refractivity contribution in [3.05, 3.63) is 0 Å². The number of hydrogen-bond acceptors (Lipinski definition) is 3. The second kappa shape index (κ2) is 9.12. The molecule has 0 amide bonds. The highest BCUT2D eigenvalue weighted by atomic mass is 16.5. The molecule has 0 aromatic carbocycles. The summed E-state index contributed by atoms with van der Waals surface area (Å²) in [6.07, 6.45) is 6.60. The molecular weight excluding hydrogens is 262 g/mol. The lowest BCUT2D eigenvalue weighted by atomic mass is 9.63. The molecule has 21 heavy (non-hydrogen) atoms. The maximum Gasteiger partial charge on any atom is 0.0700 e. The predicted octanol–water partition coefficient (Wildman–Crippen LogP) is 3.87. The molecule has 1 saturated carbocycles. The molecule has 0 heterocycles. The second-order valence-electron chi connectivity index (χ2n) is 7.78. The van der Waals surface area contributed by atoms with Crippen LogP contribution in [-0.2, 0) is 9.47 Å². The molecule has 0 unspecified atom stereocenters. The van der Waals surface area contributed by atoms with Gasteiger partial charge in [-0.2, -0.15) is 0 Å². The Labute approximate surface area is 132 Å². The number of methoxy groups -OCH3 is 1. The van der Waals surface area contributed by atoms with Gasteiger partial charge in [0, 0.05) is 20.3 Å². The Morgan fingerprint density at radius 2 is 1.76 bits per heavy atom. The van der Waals surface area contributed by atoms with Gasteiger partial charge in [0.1, 0.15) is 0 Å². The van der Waals surface area contributed by atoms with Crippen LogP contribution < -0.4 is 5.32 Å². The van der Waals surface area contributed by atoms with Gasteiger partial charge in [-0.25, -0.2) is 0 Å². The van der Waals surface area contributed by atoms with Crippen LogP contribution in [-0.4, -0.2) is 40.0 Å². The lowest BCUT2D eigenvalue weighted by molar-refractivity contribution is 0.0259. The fraction of sp³-hybridized carbons (Fsp3) is 1.00. The van der Waals surface area contributed by atoms with E-state index in [1.807, 2.05) is 0 Å². The van der Waals surface area contributed by atoms with Crippen molar-refractivity contribution in [3.63, 3.8) is 0 Å². The van der Waals surface area contributed by atoms with Gasteiger partial charge in [0.2, 0.25) is 0 Å². The summed E-state index contributed by atoms with van der Waals surface area (Å²) in [6, 6.07) is 0. The van der Waals surface area contributed by atoms with E-state index in [0.29, 0.717) is 17.4 Å². The average molecular weight is 299 g/mol. The van der Waals surface area contributed by atoms with E-state index in [-0.39, 0.29) is 0 Å². The highest BCUT2D eigenvalue weighted by Crippen LogP contribution is 2.46. The number of nitrogens with one attached hydrogen (secondary N) is 1. The molecule has 3 nitrogen and oxygen atoms in total. The molecule has 0 saturated heterocycles. The maximum atomic E-state index is 5.72. The first kappa shape index (κ1) is 18.9. The largest absolute Gasteiger partial charge is 0.382 e. The zero-order valence-corrected chi connectivity index (χ0v) is 15.0. The van der Waals surface area contributed by atoms with Gasteiger partial charge >= 0.3 is 0 Å². The molecule has 1 aliphatic rings. The topological polar surface area (TPSA) is 30.5 Å². The average Bonchev–Trinajstić information content (AvgIpc) is 2.45. The molecule has 0 spiro atoms. The molecular formula is C18H37NO2. The van der Waals surface area contributed by atoms with Crippen LogP contribution in [0.15, 0.2) is 0 Å². The minimum Gasteiger partial charge on any atom is -0.382 e. The summed E-state index contributed by atoms with van der Waals surface area (Å²) in [5.74, 6) is 0.877. The van der Waals surface area contributed by atoms with E-state index in [4.69, 9.17) is 9.47 Å². The van der Waals surface area contributed by atoms with Gasteiger partial charge in [0.05, 0.1) is 13.2 Å². The second-order valence-corrected chi connectivity index (χ2v) is 7.78. The highest BCUT2D eigenvalue weighted by Gasteiger charge is 2.38. The van der Waals surface area contributed by atoms with Crippen molar-refractivity contribution in [1.29, 1.82) is 0 Å². The quantitative estimate of drug-likeness (QED) is 0.656. The Kier molecular flexibility index (Phi) is 8.22. The lowest BCUT2D eigenvalue weighted by Gasteiger charge is -2.44. The predicted molar refractivity (Wildman–Crippen MR) is 89.7 cm³/mol. The summed E-state index contributed by atoms with van der Waals surface area (Å²) >= 11 is 0. The van der Waals surface area contributed by atoms with Crippen molar-refractivity contribution in [2.45, 2.75) is 59.8 Å². The van der Waals surface area contributed by atoms with Crippen molar-refractivity contribution < 1.29 is 9.47 Å². The number of ether oxygens (including phenoxy) is 2. The lowest BCUT2D eigenvalue weighted by Crippen LogP contribution is -2.40. The van der Waals surface area contributed by atoms with Crippen LogP contribution in [0.4, 0.5) is 0 Å². The smallest absolute Gasteiger partial charge is 0.0700 e. The highest BCUT2D eigenvalue weighted by molar-refractivity contribution is 4.90. The van der Waals surface area contributed by atoms with Crippen molar-refractivity contribution >= 4 is 0 Å². The van der Waals surface area contributed by atoms with Crippen molar-refractivity contribution in [2.75, 3.05) is 40.0 Å². The summed E-state index contributed by atoms with van der Waals surface area (Å²) in [5, 5.41) is 3.58. The summed E-state index contributed by atoms with van der Waals surface area (Å²) in [5.41, 5.74) is 0.907. The third kappa shape index (κ3) is 6.66. The van der Waals surface area contributed by atoms with Gasteiger partial charge in [0.15, 0.2) is 0 Å². The third-order valence-electron chi connectivity index (χ3n) is 5.23. The molecule has 0 aliphatic heterocycles. The zero-order valence-electron chi connectivity index (χ0n) is 15.0.